The highest BCUT2D eigenvalue weighted by atomic mass is 32.1. The molecule has 1 aliphatic rings. The third kappa shape index (κ3) is 5.95. The monoisotopic (exact) mass is 431 g/mol. The van der Waals surface area contributed by atoms with E-state index in [2.05, 4.69) is 17.6 Å². The third-order valence-electron chi connectivity index (χ3n) is 5.21. The Morgan fingerprint density at radius 2 is 2.07 bits per heavy atom. The van der Waals surface area contributed by atoms with E-state index in [9.17, 15) is 14.4 Å². The van der Waals surface area contributed by atoms with Gasteiger partial charge in [-0.15, -0.1) is 11.3 Å². The molecule has 1 unspecified atom stereocenters. The van der Waals surface area contributed by atoms with Crippen molar-refractivity contribution >= 4 is 34.1 Å². The number of nitrogens with one attached hydrogen (secondary N) is 2. The molecule has 0 saturated carbocycles. The molecule has 7 nitrogen and oxygen atoms in total. The summed E-state index contributed by atoms with van der Waals surface area (Å²) < 4.78 is 5.08. The fourth-order valence-corrected chi connectivity index (χ4v) is 4.41. The molecule has 162 valence electrons. The summed E-state index contributed by atoms with van der Waals surface area (Å²) in [6.45, 7) is 3.94. The van der Waals surface area contributed by atoms with Gasteiger partial charge in [-0.2, -0.15) is 0 Å². The first kappa shape index (κ1) is 22.1. The zero-order valence-electron chi connectivity index (χ0n) is 17.3. The highest BCUT2D eigenvalue weighted by Gasteiger charge is 2.29. The largest absolute Gasteiger partial charge is 0.459 e. The van der Waals surface area contributed by atoms with Crippen molar-refractivity contribution in [2.24, 2.45) is 5.92 Å². The lowest BCUT2D eigenvalue weighted by Crippen LogP contribution is -2.45. The molecule has 1 saturated heterocycles. The van der Waals surface area contributed by atoms with E-state index in [1.54, 1.807) is 29.2 Å². The van der Waals surface area contributed by atoms with Crippen LogP contribution in [-0.2, 0) is 4.79 Å². The van der Waals surface area contributed by atoms with Gasteiger partial charge in [-0.1, -0.05) is 26.2 Å². The van der Waals surface area contributed by atoms with E-state index >= 15 is 0 Å². The number of furan rings is 1. The molecule has 2 N–H and O–H groups in total. The minimum absolute atomic E-state index is 0.0431. The van der Waals surface area contributed by atoms with Crippen molar-refractivity contribution in [1.29, 1.82) is 0 Å². The Morgan fingerprint density at radius 3 is 2.83 bits per heavy atom. The predicted molar refractivity (Wildman–Crippen MR) is 117 cm³/mol. The van der Waals surface area contributed by atoms with E-state index in [0.717, 1.165) is 25.7 Å². The van der Waals surface area contributed by atoms with Crippen molar-refractivity contribution in [3.63, 3.8) is 0 Å². The van der Waals surface area contributed by atoms with Crippen molar-refractivity contribution in [2.45, 2.75) is 45.4 Å². The van der Waals surface area contributed by atoms with Gasteiger partial charge in [0.2, 0.25) is 5.91 Å². The van der Waals surface area contributed by atoms with E-state index in [1.165, 1.54) is 30.4 Å². The molecule has 1 atom stereocenters. The Kier molecular flexibility index (Phi) is 8.07. The topological polar surface area (TPSA) is 91.7 Å². The van der Waals surface area contributed by atoms with Gasteiger partial charge >= 0.3 is 0 Å². The Labute approximate surface area is 180 Å². The van der Waals surface area contributed by atoms with Crippen LogP contribution < -0.4 is 10.6 Å². The van der Waals surface area contributed by atoms with Crippen LogP contribution in [0, 0.1) is 5.92 Å². The molecular formula is C22H29N3O4S. The second-order valence-electron chi connectivity index (χ2n) is 7.54. The van der Waals surface area contributed by atoms with Gasteiger partial charge in [-0.05, 0) is 43.5 Å². The maximum absolute atomic E-state index is 12.9. The second-order valence-corrected chi connectivity index (χ2v) is 8.62. The van der Waals surface area contributed by atoms with Crippen LogP contribution in [0.4, 0.5) is 5.00 Å². The molecule has 0 bridgehead atoms. The fourth-order valence-electron chi connectivity index (χ4n) is 3.54. The third-order valence-corrected chi connectivity index (χ3v) is 6.20. The lowest BCUT2D eigenvalue weighted by atomic mass is 9.97. The molecule has 0 radical (unpaired) electrons. The first-order valence-electron chi connectivity index (χ1n) is 10.6. The smallest absolute Gasteiger partial charge is 0.291 e. The van der Waals surface area contributed by atoms with Gasteiger partial charge in [-0.3, -0.25) is 14.4 Å². The molecule has 0 spiro atoms. The number of thiophene rings is 1. The van der Waals surface area contributed by atoms with Crippen LogP contribution in [0.1, 0.15) is 65.7 Å². The lowest BCUT2D eigenvalue weighted by Gasteiger charge is -2.31. The molecule has 3 amide bonds. The molecular weight excluding hydrogens is 402 g/mol. The van der Waals surface area contributed by atoms with E-state index in [0.29, 0.717) is 29.5 Å². The van der Waals surface area contributed by atoms with Crippen LogP contribution in [0.3, 0.4) is 0 Å². The van der Waals surface area contributed by atoms with Gasteiger partial charge in [-0.25, -0.2) is 0 Å². The number of anilines is 1. The number of hydrogen-bond acceptors (Lipinski definition) is 5. The van der Waals surface area contributed by atoms with Crippen LogP contribution in [0.15, 0.2) is 34.9 Å². The summed E-state index contributed by atoms with van der Waals surface area (Å²) in [5.41, 5.74) is 0. The van der Waals surface area contributed by atoms with Crippen LogP contribution >= 0.6 is 11.3 Å². The van der Waals surface area contributed by atoms with Crippen molar-refractivity contribution < 1.29 is 18.8 Å². The fraction of sp³-hybridized carbons (Fsp3) is 0.500. The summed E-state index contributed by atoms with van der Waals surface area (Å²) >= 11 is 1.23. The molecule has 1 fully saturated rings. The van der Waals surface area contributed by atoms with Crippen molar-refractivity contribution in [1.82, 2.24) is 10.2 Å². The number of hydrogen-bond donors (Lipinski definition) is 2. The molecule has 2 aromatic rings. The molecule has 0 aliphatic carbocycles. The normalized spacial score (nSPS) is 16.3. The van der Waals surface area contributed by atoms with Gasteiger partial charge in [0, 0.05) is 19.6 Å². The minimum Gasteiger partial charge on any atom is -0.459 e. The molecule has 0 aromatic carbocycles. The van der Waals surface area contributed by atoms with Gasteiger partial charge < -0.3 is 20.0 Å². The van der Waals surface area contributed by atoms with Crippen LogP contribution in [0.25, 0.3) is 0 Å². The number of amides is 3. The summed E-state index contributed by atoms with van der Waals surface area (Å²) in [4.78, 5) is 39.7. The highest BCUT2D eigenvalue weighted by Crippen LogP contribution is 2.26. The molecule has 2 aromatic heterocycles. The summed E-state index contributed by atoms with van der Waals surface area (Å²) in [6, 6.07) is 6.65. The number of piperidine rings is 1. The van der Waals surface area contributed by atoms with Crippen molar-refractivity contribution in [3.05, 3.63) is 41.2 Å². The van der Waals surface area contributed by atoms with Crippen LogP contribution in [-0.4, -0.2) is 42.3 Å². The highest BCUT2D eigenvalue weighted by molar-refractivity contribution is 7.18. The predicted octanol–water partition coefficient (Wildman–Crippen LogP) is 4.14. The molecule has 8 heteroatoms. The number of carbonyl (C=O) groups is 3. The van der Waals surface area contributed by atoms with Gasteiger partial charge in [0.1, 0.15) is 0 Å². The van der Waals surface area contributed by atoms with Gasteiger partial charge in [0.15, 0.2) is 5.76 Å². The van der Waals surface area contributed by atoms with Gasteiger partial charge in [0.05, 0.1) is 22.1 Å². The van der Waals surface area contributed by atoms with E-state index in [4.69, 9.17) is 4.42 Å². The first-order valence-corrected chi connectivity index (χ1v) is 11.4. The number of carbonyl (C=O) groups excluding carboxylic acids is 3. The Balaban J connectivity index is 1.50. The summed E-state index contributed by atoms with van der Waals surface area (Å²) in [5, 5.41) is 6.34. The van der Waals surface area contributed by atoms with Crippen molar-refractivity contribution in [2.75, 3.05) is 25.0 Å². The first-order chi connectivity index (χ1) is 14.6. The quantitative estimate of drug-likeness (QED) is 0.584. The Hall–Kier alpha value is -2.61. The van der Waals surface area contributed by atoms with E-state index in [1.807, 2.05) is 0 Å². The minimum atomic E-state index is -0.352. The maximum Gasteiger partial charge on any atom is 0.291 e. The van der Waals surface area contributed by atoms with Crippen LogP contribution in [0.2, 0.25) is 0 Å². The standard InChI is InChI=1S/C22H29N3O4S/c1-2-3-4-5-12-23-20(26)16-8-6-13-25(15-16)22(28)18-10-11-19(30-18)24-21(27)17-9-7-14-29-17/h7,9-11,14,16H,2-6,8,12-13,15H2,1H3,(H,23,26)(H,24,27). The Morgan fingerprint density at radius 1 is 1.20 bits per heavy atom. The SMILES string of the molecule is CCCCCCNC(=O)C1CCCN(C(=O)c2ccc(NC(=O)c3ccco3)s2)C1. The molecule has 3 heterocycles. The Bertz CT molecular complexity index is 846. The van der Waals surface area contributed by atoms with E-state index < -0.39 is 0 Å². The van der Waals surface area contributed by atoms with Crippen molar-refractivity contribution in [3.8, 4) is 0 Å². The molecule has 1 aliphatic heterocycles. The number of likely N-dealkylation sites (tertiary alicyclic amines) is 1. The van der Waals surface area contributed by atoms with Crippen LogP contribution in [0.5, 0.6) is 0 Å². The molecule has 3 rings (SSSR count). The average molecular weight is 432 g/mol. The zero-order valence-corrected chi connectivity index (χ0v) is 18.1. The second kappa shape index (κ2) is 11.0. The number of nitrogens with zero attached hydrogens (tertiary/aromatic N) is 1. The average Bonchev–Trinajstić information content (AvgIpc) is 3.45. The number of unbranched alkanes of at least 4 members (excludes halogenated alkanes) is 3. The summed E-state index contributed by atoms with van der Waals surface area (Å²) in [5.74, 6) is -0.349. The van der Waals surface area contributed by atoms with Gasteiger partial charge in [0.25, 0.3) is 11.8 Å². The number of rotatable bonds is 9. The maximum atomic E-state index is 12.9. The van der Waals surface area contributed by atoms with E-state index in [-0.39, 0.29) is 29.4 Å². The summed E-state index contributed by atoms with van der Waals surface area (Å²) in [6.07, 6.45) is 7.54. The zero-order chi connectivity index (χ0) is 21.3. The lowest BCUT2D eigenvalue weighted by molar-refractivity contribution is -0.126. The summed E-state index contributed by atoms with van der Waals surface area (Å²) in [7, 11) is 0. The molecule has 30 heavy (non-hydrogen) atoms.